The van der Waals surface area contributed by atoms with Crippen LogP contribution in [0, 0.1) is 0 Å². The van der Waals surface area contributed by atoms with E-state index < -0.39 is 0 Å². The molecular formula is C13H15N3O3S. The summed E-state index contributed by atoms with van der Waals surface area (Å²) in [5.74, 6) is 0.522. The number of carbonyl (C=O) groups is 2. The molecule has 2 fully saturated rings. The Labute approximate surface area is 120 Å². The largest absolute Gasteiger partial charge is 0.467 e. The van der Waals surface area contributed by atoms with Gasteiger partial charge in [-0.25, -0.2) is 0 Å². The second kappa shape index (κ2) is 5.70. The van der Waals surface area contributed by atoms with Gasteiger partial charge in [-0.2, -0.15) is 0 Å². The molecule has 0 bridgehead atoms. The van der Waals surface area contributed by atoms with Crippen LogP contribution in [-0.2, 0) is 16.1 Å². The summed E-state index contributed by atoms with van der Waals surface area (Å²) in [7, 11) is 0. The highest BCUT2D eigenvalue weighted by atomic mass is 32.2. The molecule has 1 saturated heterocycles. The van der Waals surface area contributed by atoms with Crippen LogP contribution in [0.15, 0.2) is 27.8 Å². The molecule has 1 aromatic rings. The molecule has 0 spiro atoms. The van der Waals surface area contributed by atoms with Crippen LogP contribution in [0.5, 0.6) is 0 Å². The maximum atomic E-state index is 11.8. The van der Waals surface area contributed by atoms with Crippen LogP contribution in [0.3, 0.4) is 0 Å². The summed E-state index contributed by atoms with van der Waals surface area (Å²) < 4.78 is 5.17. The van der Waals surface area contributed by atoms with Gasteiger partial charge in [0.25, 0.3) is 0 Å². The van der Waals surface area contributed by atoms with E-state index in [1.165, 1.54) is 11.8 Å². The number of amides is 2. The van der Waals surface area contributed by atoms with Crippen molar-refractivity contribution in [2.45, 2.75) is 37.1 Å². The highest BCUT2D eigenvalue weighted by Gasteiger charge is 2.33. The van der Waals surface area contributed by atoms with Crippen molar-refractivity contribution >= 4 is 28.7 Å². The minimum absolute atomic E-state index is 0.0626. The van der Waals surface area contributed by atoms with Crippen LogP contribution >= 0.6 is 11.8 Å². The van der Waals surface area contributed by atoms with E-state index in [0.29, 0.717) is 17.8 Å². The van der Waals surface area contributed by atoms with Gasteiger partial charge >= 0.3 is 0 Å². The Morgan fingerprint density at radius 2 is 2.40 bits per heavy atom. The predicted molar refractivity (Wildman–Crippen MR) is 75.2 cm³/mol. The van der Waals surface area contributed by atoms with E-state index in [2.05, 4.69) is 15.6 Å². The summed E-state index contributed by atoms with van der Waals surface area (Å²) in [4.78, 5) is 27.7. The van der Waals surface area contributed by atoms with Gasteiger partial charge in [0, 0.05) is 12.5 Å². The van der Waals surface area contributed by atoms with Crippen LogP contribution in [0.1, 0.15) is 25.0 Å². The highest BCUT2D eigenvalue weighted by molar-refractivity contribution is 8.15. The molecule has 3 rings (SSSR count). The molecule has 1 aliphatic heterocycles. The highest BCUT2D eigenvalue weighted by Crippen LogP contribution is 2.24. The number of hydrogen-bond donors (Lipinski definition) is 2. The minimum atomic E-state index is -0.385. The average molecular weight is 293 g/mol. The van der Waals surface area contributed by atoms with Crippen molar-refractivity contribution in [3.05, 3.63) is 24.2 Å². The van der Waals surface area contributed by atoms with Gasteiger partial charge in [-0.1, -0.05) is 11.8 Å². The van der Waals surface area contributed by atoms with E-state index in [-0.39, 0.29) is 23.5 Å². The maximum absolute atomic E-state index is 11.8. The van der Waals surface area contributed by atoms with E-state index in [9.17, 15) is 9.59 Å². The lowest BCUT2D eigenvalue weighted by atomic mass is 10.2. The maximum Gasteiger partial charge on any atom is 0.240 e. The molecule has 1 atom stereocenters. The van der Waals surface area contributed by atoms with Gasteiger partial charge in [0.05, 0.1) is 12.8 Å². The lowest BCUT2D eigenvalue weighted by Gasteiger charge is -2.05. The Bertz CT molecular complexity index is 537. The van der Waals surface area contributed by atoms with E-state index in [1.807, 2.05) is 6.07 Å². The van der Waals surface area contributed by atoms with Gasteiger partial charge < -0.3 is 15.1 Å². The summed E-state index contributed by atoms with van der Waals surface area (Å²) in [6.07, 6.45) is 3.88. The molecular weight excluding hydrogens is 278 g/mol. The molecule has 2 aliphatic rings. The van der Waals surface area contributed by atoms with Gasteiger partial charge in [-0.3, -0.25) is 14.6 Å². The molecule has 1 unspecified atom stereocenters. The first-order valence-corrected chi connectivity index (χ1v) is 7.42. The topological polar surface area (TPSA) is 83.7 Å². The first-order valence-electron chi connectivity index (χ1n) is 6.54. The van der Waals surface area contributed by atoms with Gasteiger partial charge in [-0.15, -0.1) is 0 Å². The number of hydrogen-bond acceptors (Lipinski definition) is 5. The first kappa shape index (κ1) is 13.2. The van der Waals surface area contributed by atoms with Crippen LogP contribution < -0.4 is 10.6 Å². The zero-order valence-electron chi connectivity index (χ0n) is 10.8. The Balaban J connectivity index is 1.51. The van der Waals surface area contributed by atoms with E-state index in [1.54, 1.807) is 12.3 Å². The number of carbonyl (C=O) groups excluding carboxylic acids is 2. The summed E-state index contributed by atoms with van der Waals surface area (Å²) in [6.45, 7) is 0.386. The molecule has 2 heterocycles. The third kappa shape index (κ3) is 3.41. The fraction of sp³-hybridized carbons (Fsp3) is 0.462. The van der Waals surface area contributed by atoms with Crippen molar-refractivity contribution in [3.8, 4) is 0 Å². The number of thioether (sulfide) groups is 1. The predicted octanol–water partition coefficient (Wildman–Crippen LogP) is 1.04. The normalized spacial score (nSPS) is 23.9. The van der Waals surface area contributed by atoms with E-state index in [4.69, 9.17) is 4.42 Å². The molecule has 1 aromatic heterocycles. The minimum Gasteiger partial charge on any atom is -0.467 e. The van der Waals surface area contributed by atoms with E-state index >= 15 is 0 Å². The monoisotopic (exact) mass is 293 g/mol. The number of nitrogens with one attached hydrogen (secondary N) is 2. The zero-order chi connectivity index (χ0) is 13.9. The van der Waals surface area contributed by atoms with Crippen molar-refractivity contribution in [2.24, 2.45) is 4.99 Å². The molecule has 106 valence electrons. The lowest BCUT2D eigenvalue weighted by molar-refractivity contribution is -0.125. The number of amidine groups is 1. The third-order valence-corrected chi connectivity index (χ3v) is 4.17. The molecule has 20 heavy (non-hydrogen) atoms. The van der Waals surface area contributed by atoms with Crippen LogP contribution in [0.4, 0.5) is 0 Å². The summed E-state index contributed by atoms with van der Waals surface area (Å²) >= 11 is 1.30. The molecule has 6 nitrogen and oxygen atoms in total. The summed E-state index contributed by atoms with van der Waals surface area (Å²) in [6, 6.07) is 3.94. The number of rotatable bonds is 5. The fourth-order valence-electron chi connectivity index (χ4n) is 1.85. The van der Waals surface area contributed by atoms with Crippen molar-refractivity contribution in [3.63, 3.8) is 0 Å². The Morgan fingerprint density at radius 3 is 3.10 bits per heavy atom. The molecule has 2 amide bonds. The van der Waals surface area contributed by atoms with Gasteiger partial charge in [0.1, 0.15) is 11.0 Å². The van der Waals surface area contributed by atoms with Crippen LogP contribution in [0.2, 0.25) is 0 Å². The standard InChI is InChI=1S/C13H15N3O3S/c17-11(15-8-3-4-8)6-10-12(18)16-13(20-10)14-7-9-2-1-5-19-9/h1-2,5,8,10H,3-4,6-7H2,(H,15,17)(H,14,16,18). The van der Waals surface area contributed by atoms with Gasteiger partial charge in [0.2, 0.25) is 11.8 Å². The van der Waals surface area contributed by atoms with Gasteiger partial charge in [-0.05, 0) is 25.0 Å². The zero-order valence-corrected chi connectivity index (χ0v) is 11.6. The molecule has 0 aromatic carbocycles. The van der Waals surface area contributed by atoms with Crippen molar-refractivity contribution in [2.75, 3.05) is 0 Å². The SMILES string of the molecule is O=C(CC1SC(=NCc2ccco2)NC1=O)NC1CC1. The number of furan rings is 1. The second-order valence-electron chi connectivity index (χ2n) is 4.84. The Kier molecular flexibility index (Phi) is 3.77. The fourth-order valence-corrected chi connectivity index (χ4v) is 2.82. The average Bonchev–Trinajstić information content (AvgIpc) is 2.94. The Hall–Kier alpha value is -1.76. The van der Waals surface area contributed by atoms with Crippen molar-refractivity contribution in [1.29, 1.82) is 0 Å². The quantitative estimate of drug-likeness (QED) is 0.849. The second-order valence-corrected chi connectivity index (χ2v) is 6.03. The summed E-state index contributed by atoms with van der Waals surface area (Å²) in [5.41, 5.74) is 0. The van der Waals surface area contributed by atoms with Crippen molar-refractivity contribution < 1.29 is 14.0 Å². The molecule has 2 N–H and O–H groups in total. The lowest BCUT2D eigenvalue weighted by Crippen LogP contribution is -2.32. The van der Waals surface area contributed by atoms with Crippen molar-refractivity contribution in [1.82, 2.24) is 10.6 Å². The summed E-state index contributed by atoms with van der Waals surface area (Å²) in [5, 5.41) is 5.74. The smallest absolute Gasteiger partial charge is 0.240 e. The molecule has 1 aliphatic carbocycles. The van der Waals surface area contributed by atoms with Crippen LogP contribution in [0.25, 0.3) is 0 Å². The molecule has 0 radical (unpaired) electrons. The first-order chi connectivity index (χ1) is 9.70. The Morgan fingerprint density at radius 1 is 1.55 bits per heavy atom. The molecule has 1 saturated carbocycles. The third-order valence-electron chi connectivity index (χ3n) is 3.05. The molecule has 7 heteroatoms. The number of aliphatic imine (C=N–C) groups is 1. The van der Waals surface area contributed by atoms with Crippen LogP contribution in [-0.4, -0.2) is 28.3 Å². The van der Waals surface area contributed by atoms with E-state index in [0.717, 1.165) is 18.6 Å². The van der Waals surface area contributed by atoms with Gasteiger partial charge in [0.15, 0.2) is 5.17 Å². The number of nitrogens with zero attached hydrogens (tertiary/aromatic N) is 1.